The first-order valence-corrected chi connectivity index (χ1v) is 7.67. The molecule has 0 heterocycles. The van der Waals surface area contributed by atoms with E-state index in [1.165, 1.54) is 36.8 Å². The summed E-state index contributed by atoms with van der Waals surface area (Å²) >= 11 is 6.08. The molecule has 104 valence electrons. The molecule has 2 aliphatic carbocycles. The Balaban J connectivity index is 2.14. The number of rotatable bonds is 0. The summed E-state index contributed by atoms with van der Waals surface area (Å²) in [5.41, 5.74) is 9.08. The number of hydrogen-bond donors (Lipinski definition) is 2. The van der Waals surface area contributed by atoms with E-state index in [1.54, 1.807) is 0 Å². The maximum absolute atomic E-state index is 9.93. The minimum absolute atomic E-state index is 0.0132. The largest absolute Gasteiger partial charge is 0.506 e. The molecule has 0 saturated heterocycles. The normalized spacial score (nSPS) is 34.3. The van der Waals surface area contributed by atoms with E-state index in [0.717, 1.165) is 12.8 Å². The fraction of sp³-hybridized carbons (Fsp3) is 0.625. The molecule has 0 spiro atoms. The highest BCUT2D eigenvalue weighted by atomic mass is 35.5. The first-order valence-electron chi connectivity index (χ1n) is 7.30. The molecule has 3 N–H and O–H groups in total. The van der Waals surface area contributed by atoms with Crippen molar-refractivity contribution in [2.45, 2.75) is 56.9 Å². The minimum atomic E-state index is -0.0132. The van der Waals surface area contributed by atoms with Gasteiger partial charge in [-0.05, 0) is 48.4 Å². The fourth-order valence-corrected chi connectivity index (χ4v) is 4.26. The van der Waals surface area contributed by atoms with E-state index in [2.05, 4.69) is 6.92 Å². The van der Waals surface area contributed by atoms with Gasteiger partial charge in [0, 0.05) is 11.5 Å². The Hall–Kier alpha value is -0.730. The van der Waals surface area contributed by atoms with E-state index in [-0.39, 0.29) is 17.2 Å². The first-order chi connectivity index (χ1) is 9.02. The molecule has 1 aromatic rings. The summed E-state index contributed by atoms with van der Waals surface area (Å²) in [6, 6.07) is 4.00. The number of nitrogens with two attached hydrogens (primary N) is 1. The highest BCUT2D eigenvalue weighted by molar-refractivity contribution is 6.32. The van der Waals surface area contributed by atoms with Gasteiger partial charge in [-0.2, -0.15) is 0 Å². The second kappa shape index (κ2) is 4.68. The van der Waals surface area contributed by atoms with Crippen LogP contribution in [0.15, 0.2) is 12.1 Å². The Kier molecular flexibility index (Phi) is 3.26. The van der Waals surface area contributed by atoms with Crippen LogP contribution in [-0.4, -0.2) is 11.1 Å². The van der Waals surface area contributed by atoms with Gasteiger partial charge in [0.05, 0.1) is 5.02 Å². The van der Waals surface area contributed by atoms with E-state index >= 15 is 0 Å². The third-order valence-corrected chi connectivity index (χ3v) is 5.59. The number of phenolic OH excluding ortho intramolecular Hbond substituents is 1. The number of fused-ring (bicyclic) bond motifs is 4. The highest BCUT2D eigenvalue weighted by Crippen LogP contribution is 2.47. The van der Waals surface area contributed by atoms with Gasteiger partial charge in [-0.1, -0.05) is 37.8 Å². The van der Waals surface area contributed by atoms with Crippen LogP contribution >= 0.6 is 11.6 Å². The molecule has 0 radical (unpaired) electrons. The molecular weight excluding hydrogens is 258 g/mol. The Morgan fingerprint density at radius 3 is 2.89 bits per heavy atom. The zero-order valence-corrected chi connectivity index (χ0v) is 12.2. The van der Waals surface area contributed by atoms with Gasteiger partial charge in [-0.25, -0.2) is 0 Å². The standard InChI is InChI=1S/C16H22ClNO/c1-16-6-4-2-3-5-10(15(16)18)7-11-8-13(17)14(19)9-12(11)16/h8-10,15,19H,2-7,18H2,1H3. The predicted octanol–water partition coefficient (Wildman–Crippen LogP) is 3.77. The smallest absolute Gasteiger partial charge is 0.134 e. The van der Waals surface area contributed by atoms with Crippen LogP contribution in [-0.2, 0) is 11.8 Å². The third kappa shape index (κ3) is 2.05. The summed E-state index contributed by atoms with van der Waals surface area (Å²) < 4.78 is 0. The maximum atomic E-state index is 9.93. The van der Waals surface area contributed by atoms with Crippen LogP contribution in [0.5, 0.6) is 5.75 Å². The van der Waals surface area contributed by atoms with Crippen LogP contribution < -0.4 is 5.73 Å². The zero-order valence-electron chi connectivity index (χ0n) is 11.5. The highest BCUT2D eigenvalue weighted by Gasteiger charge is 2.44. The van der Waals surface area contributed by atoms with Crippen molar-refractivity contribution in [3.63, 3.8) is 0 Å². The molecule has 3 heteroatoms. The van der Waals surface area contributed by atoms with Crippen LogP contribution in [0.3, 0.4) is 0 Å². The van der Waals surface area contributed by atoms with Crippen LogP contribution in [0.1, 0.15) is 50.2 Å². The van der Waals surface area contributed by atoms with Gasteiger partial charge < -0.3 is 10.8 Å². The van der Waals surface area contributed by atoms with E-state index in [4.69, 9.17) is 17.3 Å². The third-order valence-electron chi connectivity index (χ3n) is 5.28. The lowest BCUT2D eigenvalue weighted by Crippen LogP contribution is -2.52. The summed E-state index contributed by atoms with van der Waals surface area (Å²) in [6.45, 7) is 2.27. The Bertz CT molecular complexity index is 502. The summed E-state index contributed by atoms with van der Waals surface area (Å²) in [7, 11) is 0. The van der Waals surface area contributed by atoms with E-state index in [1.807, 2.05) is 12.1 Å². The molecule has 1 aromatic carbocycles. The second-order valence-electron chi connectivity index (χ2n) is 6.47. The van der Waals surface area contributed by atoms with Crippen molar-refractivity contribution in [3.8, 4) is 5.75 Å². The number of hydrogen-bond acceptors (Lipinski definition) is 2. The molecular formula is C16H22ClNO. The van der Waals surface area contributed by atoms with Crippen molar-refractivity contribution in [2.75, 3.05) is 0 Å². The molecule has 1 fully saturated rings. The van der Waals surface area contributed by atoms with Crippen molar-refractivity contribution >= 4 is 11.6 Å². The Labute approximate surface area is 120 Å². The van der Waals surface area contributed by atoms with Crippen molar-refractivity contribution in [1.29, 1.82) is 0 Å². The van der Waals surface area contributed by atoms with Crippen molar-refractivity contribution in [2.24, 2.45) is 11.7 Å². The molecule has 2 nitrogen and oxygen atoms in total. The molecule has 2 aliphatic rings. The second-order valence-corrected chi connectivity index (χ2v) is 6.87. The van der Waals surface area contributed by atoms with Crippen LogP contribution in [0.2, 0.25) is 5.02 Å². The number of aromatic hydroxyl groups is 1. The molecule has 0 aliphatic heterocycles. The van der Waals surface area contributed by atoms with E-state index in [9.17, 15) is 5.11 Å². The van der Waals surface area contributed by atoms with Crippen molar-refractivity contribution in [3.05, 3.63) is 28.3 Å². The molecule has 2 bridgehead atoms. The lowest BCUT2D eigenvalue weighted by Gasteiger charge is -2.47. The molecule has 0 aromatic heterocycles. The quantitative estimate of drug-likeness (QED) is 0.759. The monoisotopic (exact) mass is 279 g/mol. The van der Waals surface area contributed by atoms with E-state index < -0.39 is 0 Å². The molecule has 3 unspecified atom stereocenters. The average Bonchev–Trinajstić information content (AvgIpc) is 2.37. The fourth-order valence-electron chi connectivity index (χ4n) is 4.07. The zero-order chi connectivity index (χ0) is 13.6. The summed E-state index contributed by atoms with van der Waals surface area (Å²) in [5.74, 6) is 0.743. The maximum Gasteiger partial charge on any atom is 0.134 e. The van der Waals surface area contributed by atoms with E-state index in [0.29, 0.717) is 10.9 Å². The topological polar surface area (TPSA) is 46.2 Å². The number of halogens is 1. The van der Waals surface area contributed by atoms with Gasteiger partial charge in [-0.15, -0.1) is 0 Å². The first kappa shape index (κ1) is 13.3. The van der Waals surface area contributed by atoms with Crippen LogP contribution in [0, 0.1) is 5.92 Å². The van der Waals surface area contributed by atoms with Gasteiger partial charge >= 0.3 is 0 Å². The summed E-state index contributed by atoms with van der Waals surface area (Å²) in [4.78, 5) is 0. The molecule has 1 saturated carbocycles. The average molecular weight is 280 g/mol. The predicted molar refractivity (Wildman–Crippen MR) is 78.7 cm³/mol. The number of benzene rings is 1. The summed E-state index contributed by atoms with van der Waals surface area (Å²) in [6.07, 6.45) is 7.14. The molecule has 3 atom stereocenters. The summed E-state index contributed by atoms with van der Waals surface area (Å²) in [5, 5.41) is 10.4. The van der Waals surface area contributed by atoms with Gasteiger partial charge in [0.25, 0.3) is 0 Å². The lowest BCUT2D eigenvalue weighted by atomic mass is 9.60. The minimum Gasteiger partial charge on any atom is -0.506 e. The van der Waals surface area contributed by atoms with Gasteiger partial charge in [0.2, 0.25) is 0 Å². The van der Waals surface area contributed by atoms with Crippen LogP contribution in [0.4, 0.5) is 0 Å². The SMILES string of the molecule is CC12CCCCCC(Cc3cc(Cl)c(O)cc31)C2N. The Morgan fingerprint density at radius 2 is 2.11 bits per heavy atom. The molecule has 19 heavy (non-hydrogen) atoms. The van der Waals surface area contributed by atoms with Gasteiger partial charge in [-0.3, -0.25) is 0 Å². The van der Waals surface area contributed by atoms with Gasteiger partial charge in [0.15, 0.2) is 0 Å². The Morgan fingerprint density at radius 1 is 1.32 bits per heavy atom. The van der Waals surface area contributed by atoms with Crippen molar-refractivity contribution in [1.82, 2.24) is 0 Å². The van der Waals surface area contributed by atoms with Crippen LogP contribution in [0.25, 0.3) is 0 Å². The van der Waals surface area contributed by atoms with Crippen molar-refractivity contribution < 1.29 is 5.11 Å². The molecule has 0 amide bonds. The lowest BCUT2D eigenvalue weighted by molar-refractivity contribution is 0.201. The number of phenols is 1. The van der Waals surface area contributed by atoms with Gasteiger partial charge in [0.1, 0.15) is 5.75 Å². The molecule has 3 rings (SSSR count).